The largest absolute Gasteiger partial charge is 0.394 e. The normalized spacial score (nSPS) is 54.0. The molecule has 6 heteroatoms. The molecule has 0 radical (unpaired) electrons. The Morgan fingerprint density at radius 3 is 1.72 bits per heavy atom. The lowest BCUT2D eigenvalue weighted by molar-refractivity contribution is -0.139. The molecule has 106 valence electrons. The third-order valence-electron chi connectivity index (χ3n) is 5.53. The highest BCUT2D eigenvalue weighted by Crippen LogP contribution is 2.79. The minimum absolute atomic E-state index is 0.741. The number of aliphatic hydroxyl groups is 6. The number of hydrogen-bond acceptors (Lipinski definition) is 6. The van der Waals surface area contributed by atoms with E-state index in [9.17, 15) is 25.5 Å². The molecule has 0 aromatic rings. The van der Waals surface area contributed by atoms with E-state index in [1.54, 1.807) is 13.8 Å². The van der Waals surface area contributed by atoms with E-state index < -0.39 is 46.4 Å². The Balaban J connectivity index is 2.47. The van der Waals surface area contributed by atoms with Crippen LogP contribution in [0.1, 0.15) is 27.7 Å². The molecule has 0 spiro atoms. The van der Waals surface area contributed by atoms with E-state index in [-0.39, 0.29) is 0 Å². The van der Waals surface area contributed by atoms with Gasteiger partial charge in [0.1, 0.15) is 22.9 Å². The molecule has 6 N–H and O–H groups in total. The summed E-state index contributed by atoms with van der Waals surface area (Å²) in [6.45, 7) is 5.34. The minimum atomic E-state index is -2.07. The smallest absolute Gasteiger partial charge is 0.136 e. The van der Waals surface area contributed by atoms with Crippen molar-refractivity contribution >= 4 is 0 Å². The van der Waals surface area contributed by atoms with E-state index in [1.165, 1.54) is 13.8 Å². The van der Waals surface area contributed by atoms with Crippen molar-refractivity contribution in [3.8, 4) is 0 Å². The van der Waals surface area contributed by atoms with Gasteiger partial charge in [-0.2, -0.15) is 0 Å². The highest BCUT2D eigenvalue weighted by Gasteiger charge is 2.99. The van der Waals surface area contributed by atoms with Gasteiger partial charge in [-0.3, -0.25) is 0 Å². The van der Waals surface area contributed by atoms with Crippen molar-refractivity contribution in [2.75, 3.05) is 6.61 Å². The predicted octanol–water partition coefficient (Wildman–Crippen LogP) is -2.03. The molecule has 0 amide bonds. The third kappa shape index (κ3) is 0.930. The molecule has 5 atom stereocenters. The molecule has 2 fully saturated rings. The molecule has 0 saturated heterocycles. The lowest BCUT2D eigenvalue weighted by atomic mass is 9.93. The summed E-state index contributed by atoms with van der Waals surface area (Å²) in [6.07, 6.45) is -2.79. The molecule has 1 unspecified atom stereocenters. The fourth-order valence-corrected chi connectivity index (χ4v) is 3.80. The van der Waals surface area contributed by atoms with E-state index in [0.29, 0.717) is 0 Å². The van der Waals surface area contributed by atoms with Crippen LogP contribution < -0.4 is 0 Å². The van der Waals surface area contributed by atoms with Gasteiger partial charge in [0.25, 0.3) is 0 Å². The molecule has 18 heavy (non-hydrogen) atoms. The molecule has 2 saturated carbocycles. The maximum atomic E-state index is 10.7. The first kappa shape index (κ1) is 14.2. The second-order valence-electron chi connectivity index (χ2n) is 6.69. The zero-order valence-corrected chi connectivity index (χ0v) is 11.0. The average molecular weight is 262 g/mol. The van der Waals surface area contributed by atoms with Crippen molar-refractivity contribution in [2.24, 2.45) is 10.8 Å². The van der Waals surface area contributed by atoms with Gasteiger partial charge in [-0.25, -0.2) is 0 Å². The fraction of sp³-hybridized carbons (Fsp3) is 1.00. The van der Waals surface area contributed by atoms with Gasteiger partial charge >= 0.3 is 0 Å². The molecule has 0 aromatic heterocycles. The maximum Gasteiger partial charge on any atom is 0.136 e. The second-order valence-corrected chi connectivity index (χ2v) is 6.69. The number of aliphatic hydroxyl groups excluding tert-OH is 3. The van der Waals surface area contributed by atoms with Gasteiger partial charge in [0.2, 0.25) is 0 Å². The maximum absolute atomic E-state index is 10.7. The average Bonchev–Trinajstić information content (AvgIpc) is 2.87. The summed E-state index contributed by atoms with van der Waals surface area (Å²) in [5.41, 5.74) is -8.27. The number of rotatable bonds is 3. The summed E-state index contributed by atoms with van der Waals surface area (Å²) in [5, 5.41) is 60.1. The zero-order valence-electron chi connectivity index (χ0n) is 11.0. The Morgan fingerprint density at radius 1 is 1.06 bits per heavy atom. The summed E-state index contributed by atoms with van der Waals surface area (Å²) in [4.78, 5) is 0. The summed E-state index contributed by atoms with van der Waals surface area (Å²) in [7, 11) is 0. The van der Waals surface area contributed by atoms with Gasteiger partial charge in [0, 0.05) is 10.8 Å². The van der Waals surface area contributed by atoms with Gasteiger partial charge in [-0.15, -0.1) is 0 Å². The van der Waals surface area contributed by atoms with Crippen LogP contribution in [0.25, 0.3) is 0 Å². The van der Waals surface area contributed by atoms with Crippen molar-refractivity contribution in [2.45, 2.75) is 56.7 Å². The molecule has 2 rings (SSSR count). The van der Waals surface area contributed by atoms with Crippen LogP contribution in [0.2, 0.25) is 0 Å². The van der Waals surface area contributed by atoms with E-state index in [4.69, 9.17) is 5.11 Å². The van der Waals surface area contributed by atoms with E-state index in [1.807, 2.05) is 0 Å². The van der Waals surface area contributed by atoms with Gasteiger partial charge in [-0.1, -0.05) is 27.7 Å². The molecule has 0 aromatic carbocycles. The predicted molar refractivity (Wildman–Crippen MR) is 61.5 cm³/mol. The Morgan fingerprint density at radius 2 is 1.44 bits per heavy atom. The molecular formula is C12H22O6. The molecule has 2 aliphatic rings. The quantitative estimate of drug-likeness (QED) is 0.349. The van der Waals surface area contributed by atoms with Crippen LogP contribution in [-0.4, -0.2) is 66.3 Å². The molecule has 0 bridgehead atoms. The van der Waals surface area contributed by atoms with Gasteiger partial charge in [-0.05, 0) is 0 Å². The summed E-state index contributed by atoms with van der Waals surface area (Å²) >= 11 is 0. The van der Waals surface area contributed by atoms with Crippen LogP contribution in [0.3, 0.4) is 0 Å². The summed E-state index contributed by atoms with van der Waals surface area (Å²) < 4.78 is 0. The van der Waals surface area contributed by atoms with E-state index >= 15 is 0 Å². The minimum Gasteiger partial charge on any atom is -0.394 e. The molecule has 6 nitrogen and oxygen atoms in total. The second kappa shape index (κ2) is 3.08. The first-order valence-corrected chi connectivity index (χ1v) is 6.03. The Bertz CT molecular complexity index is 394. The monoisotopic (exact) mass is 262 g/mol. The molecule has 0 aliphatic heterocycles. The number of hydrogen-bond donors (Lipinski definition) is 6. The van der Waals surface area contributed by atoms with Crippen molar-refractivity contribution < 1.29 is 30.6 Å². The standard InChI is InChI=1S/C12H22O6/c1-8(2)7(15)11(8,17)12(18)9(3,4)10(12,16)6(14)5-13/h6-7,13-18H,5H2,1-4H3/t6-,7?,10+,11+,12+/m1/s1. The summed E-state index contributed by atoms with van der Waals surface area (Å²) in [5.74, 6) is 0. The first-order valence-electron chi connectivity index (χ1n) is 6.03. The van der Waals surface area contributed by atoms with E-state index in [0.717, 1.165) is 0 Å². The lowest BCUT2D eigenvalue weighted by Gasteiger charge is -2.26. The van der Waals surface area contributed by atoms with Crippen LogP contribution in [0, 0.1) is 10.8 Å². The first-order chi connectivity index (χ1) is 7.89. The van der Waals surface area contributed by atoms with Gasteiger partial charge in [0.15, 0.2) is 0 Å². The lowest BCUT2D eigenvalue weighted by Crippen LogP contribution is -2.49. The van der Waals surface area contributed by atoms with Crippen molar-refractivity contribution in [3.05, 3.63) is 0 Å². The topological polar surface area (TPSA) is 121 Å². The highest BCUT2D eigenvalue weighted by molar-refractivity contribution is 5.48. The molecular weight excluding hydrogens is 240 g/mol. The SMILES string of the molecule is CC1(C)C(O)[C@@]1(O)[C@]1(O)C(C)(C)[C@@]1(O)[C@H](O)CO. The van der Waals surface area contributed by atoms with Gasteiger partial charge in [0.05, 0.1) is 12.7 Å². The Kier molecular flexibility index (Phi) is 2.43. The van der Waals surface area contributed by atoms with Crippen LogP contribution in [-0.2, 0) is 0 Å². The van der Waals surface area contributed by atoms with Crippen LogP contribution in [0.5, 0.6) is 0 Å². The molecule has 2 aliphatic carbocycles. The van der Waals surface area contributed by atoms with Crippen molar-refractivity contribution in [1.82, 2.24) is 0 Å². The van der Waals surface area contributed by atoms with Crippen molar-refractivity contribution in [3.63, 3.8) is 0 Å². The Labute approximate surface area is 106 Å². The van der Waals surface area contributed by atoms with Crippen LogP contribution in [0.15, 0.2) is 0 Å². The molecule has 0 heterocycles. The van der Waals surface area contributed by atoms with Crippen LogP contribution >= 0.6 is 0 Å². The van der Waals surface area contributed by atoms with E-state index in [2.05, 4.69) is 0 Å². The zero-order chi connectivity index (χ0) is 14.4. The highest BCUT2D eigenvalue weighted by atomic mass is 16.5. The van der Waals surface area contributed by atoms with Gasteiger partial charge < -0.3 is 30.6 Å². The third-order valence-corrected chi connectivity index (χ3v) is 5.53. The Hall–Kier alpha value is -0.240. The van der Waals surface area contributed by atoms with Crippen molar-refractivity contribution in [1.29, 1.82) is 0 Å². The summed E-state index contributed by atoms with van der Waals surface area (Å²) in [6, 6.07) is 0. The fourth-order valence-electron chi connectivity index (χ4n) is 3.80. The van der Waals surface area contributed by atoms with Crippen LogP contribution in [0.4, 0.5) is 0 Å².